The predicted octanol–water partition coefficient (Wildman–Crippen LogP) is 3.58. The van der Waals surface area contributed by atoms with Gasteiger partial charge in [0.1, 0.15) is 17.2 Å². The average molecular weight is 244 g/mol. The number of rotatable bonds is 2. The molecule has 0 aliphatic heterocycles. The largest absolute Gasteiger partial charge is 0.367 e. The van der Waals surface area contributed by atoms with Crippen LogP contribution in [0.4, 0.5) is 0 Å². The van der Waals surface area contributed by atoms with Crippen LogP contribution in [0.3, 0.4) is 0 Å². The van der Waals surface area contributed by atoms with Crippen LogP contribution in [-0.2, 0) is 10.9 Å². The zero-order valence-electron chi connectivity index (χ0n) is 10.1. The van der Waals surface area contributed by atoms with E-state index in [1.165, 1.54) is 0 Å². The minimum absolute atomic E-state index is 0. The maximum atomic E-state index is 12.2. The average Bonchev–Trinajstić information content (AvgIpc) is 2.39. The molecule has 2 aromatic carbocycles. The van der Waals surface area contributed by atoms with Crippen molar-refractivity contribution in [1.82, 2.24) is 0 Å². The van der Waals surface area contributed by atoms with E-state index < -0.39 is 0 Å². The van der Waals surface area contributed by atoms with Crippen LogP contribution < -0.4 is 0 Å². The summed E-state index contributed by atoms with van der Waals surface area (Å²) in [5.74, 6) is 0. The molecule has 0 amide bonds. The Bertz CT molecular complexity index is 465. The molecule has 1 nitrogen and oxygen atoms in total. The molecular weight excluding hydrogens is 228 g/mol. The van der Waals surface area contributed by atoms with Crippen LogP contribution in [0.15, 0.2) is 65.6 Å². The van der Waals surface area contributed by atoms with Crippen molar-refractivity contribution >= 4 is 16.0 Å². The summed E-state index contributed by atoms with van der Waals surface area (Å²) < 4.78 is 0. The number of hydrogen-bond acceptors (Lipinski definition) is 1. The first kappa shape index (κ1) is 13.5. The highest BCUT2D eigenvalue weighted by Gasteiger charge is 2.27. The number of hydrogen-bond donors (Lipinski definition) is 0. The van der Waals surface area contributed by atoms with Crippen molar-refractivity contribution in [3.63, 3.8) is 0 Å². The predicted molar refractivity (Wildman–Crippen MR) is 75.2 cm³/mol. The minimum Gasteiger partial charge on any atom is -0.358 e. The Hall–Kier alpha value is -1.54. The third-order valence-corrected chi connectivity index (χ3v) is 4.16. The van der Waals surface area contributed by atoms with Gasteiger partial charge in [-0.25, -0.2) is 4.79 Å². The van der Waals surface area contributed by atoms with Gasteiger partial charge in [0.2, 0.25) is 0 Å². The topological polar surface area (TPSA) is 17.1 Å². The van der Waals surface area contributed by atoms with Crippen LogP contribution in [0.1, 0.15) is 10.4 Å². The van der Waals surface area contributed by atoms with Gasteiger partial charge in [0, 0.05) is 0 Å². The summed E-state index contributed by atoms with van der Waals surface area (Å²) in [5, 5.41) is 0.201. The first-order valence-electron chi connectivity index (χ1n) is 5.09. The fourth-order valence-corrected chi connectivity index (χ4v) is 2.75. The minimum atomic E-state index is -0.368. The molecule has 1 atom stereocenters. The lowest BCUT2D eigenvalue weighted by Gasteiger charge is -2.00. The second-order valence-electron chi connectivity index (χ2n) is 3.48. The maximum absolute atomic E-state index is 12.2. The Morgan fingerprint density at radius 3 is 1.88 bits per heavy atom. The molecule has 2 rings (SSSR count). The molecular formula is C15H16OS. The standard InChI is InChI=1S/C14H13OS.CH3/c1-16(13-10-6-3-7-11-13)14(15)12-8-4-2-5-9-12;/h2-11H,1H3;1H3/q+1;-1. The summed E-state index contributed by atoms with van der Waals surface area (Å²) in [6.07, 6.45) is 1.98. The Morgan fingerprint density at radius 1 is 0.882 bits per heavy atom. The van der Waals surface area contributed by atoms with Gasteiger partial charge in [0.15, 0.2) is 4.90 Å². The molecule has 1 unspecified atom stereocenters. The smallest absolute Gasteiger partial charge is 0.358 e. The van der Waals surface area contributed by atoms with Gasteiger partial charge in [0.05, 0.1) is 5.56 Å². The van der Waals surface area contributed by atoms with E-state index in [1.54, 1.807) is 0 Å². The van der Waals surface area contributed by atoms with Crippen LogP contribution in [0.5, 0.6) is 0 Å². The Balaban J connectivity index is 0.00000144. The Morgan fingerprint density at radius 2 is 1.35 bits per heavy atom. The van der Waals surface area contributed by atoms with Gasteiger partial charge in [0.25, 0.3) is 0 Å². The van der Waals surface area contributed by atoms with Gasteiger partial charge in [-0.05, 0) is 24.3 Å². The summed E-state index contributed by atoms with van der Waals surface area (Å²) in [6.45, 7) is 0. The molecule has 0 bridgehead atoms. The van der Waals surface area contributed by atoms with Crippen LogP contribution in [0, 0.1) is 7.43 Å². The van der Waals surface area contributed by atoms with E-state index in [-0.39, 0.29) is 23.4 Å². The first-order chi connectivity index (χ1) is 7.79. The molecule has 0 fully saturated rings. The van der Waals surface area contributed by atoms with Crippen molar-refractivity contribution < 1.29 is 4.79 Å². The van der Waals surface area contributed by atoms with Crippen molar-refractivity contribution in [3.05, 3.63) is 73.7 Å². The van der Waals surface area contributed by atoms with Crippen LogP contribution in [0.25, 0.3) is 0 Å². The summed E-state index contributed by atoms with van der Waals surface area (Å²) in [6, 6.07) is 19.4. The second-order valence-corrected chi connectivity index (χ2v) is 5.34. The molecule has 0 aromatic heterocycles. The highest BCUT2D eigenvalue weighted by atomic mass is 32.2. The lowest BCUT2D eigenvalue weighted by molar-refractivity contribution is 0.108. The maximum Gasteiger partial charge on any atom is 0.367 e. The van der Waals surface area contributed by atoms with Crippen molar-refractivity contribution in [3.8, 4) is 0 Å². The van der Waals surface area contributed by atoms with E-state index in [0.717, 1.165) is 10.5 Å². The molecule has 2 aromatic rings. The number of carbonyl (C=O) groups is 1. The molecule has 17 heavy (non-hydrogen) atoms. The molecule has 0 radical (unpaired) electrons. The molecule has 0 saturated carbocycles. The highest BCUT2D eigenvalue weighted by Crippen LogP contribution is 2.16. The van der Waals surface area contributed by atoms with E-state index in [2.05, 4.69) is 0 Å². The molecule has 0 spiro atoms. The highest BCUT2D eigenvalue weighted by molar-refractivity contribution is 8.10. The summed E-state index contributed by atoms with van der Waals surface area (Å²) in [5.41, 5.74) is 0.789. The fourth-order valence-electron chi connectivity index (χ4n) is 1.48. The van der Waals surface area contributed by atoms with Gasteiger partial charge < -0.3 is 7.43 Å². The normalized spacial score (nSPS) is 11.4. The quantitative estimate of drug-likeness (QED) is 0.583. The molecule has 0 aliphatic rings. The Kier molecular flexibility index (Phi) is 4.98. The summed E-state index contributed by atoms with van der Waals surface area (Å²) in [4.78, 5) is 13.3. The van der Waals surface area contributed by atoms with Crippen LogP contribution in [0.2, 0.25) is 0 Å². The number of benzene rings is 2. The SMILES string of the molecule is C[S+](C(=O)c1ccccc1)c1ccccc1.[CH3-]. The zero-order chi connectivity index (χ0) is 11.4. The van der Waals surface area contributed by atoms with E-state index >= 15 is 0 Å². The van der Waals surface area contributed by atoms with Crippen molar-refractivity contribution in [1.29, 1.82) is 0 Å². The first-order valence-corrected chi connectivity index (χ1v) is 6.72. The molecule has 0 heterocycles. The van der Waals surface area contributed by atoms with Crippen molar-refractivity contribution in [2.75, 3.05) is 6.26 Å². The third-order valence-electron chi connectivity index (χ3n) is 2.38. The van der Waals surface area contributed by atoms with Crippen LogP contribution >= 0.6 is 0 Å². The lowest BCUT2D eigenvalue weighted by Crippen LogP contribution is -2.13. The van der Waals surface area contributed by atoms with Crippen molar-refractivity contribution in [2.45, 2.75) is 4.90 Å². The van der Waals surface area contributed by atoms with Gasteiger partial charge in [-0.3, -0.25) is 0 Å². The van der Waals surface area contributed by atoms with Gasteiger partial charge >= 0.3 is 5.12 Å². The molecule has 88 valence electrons. The summed E-state index contributed by atoms with van der Waals surface area (Å²) in [7, 11) is -0.368. The fraction of sp³-hybridized carbons (Fsp3) is 0.0667. The van der Waals surface area contributed by atoms with E-state index in [0.29, 0.717) is 0 Å². The Labute approximate surface area is 106 Å². The molecule has 2 heteroatoms. The molecule has 0 aliphatic carbocycles. The molecule has 0 N–H and O–H groups in total. The van der Waals surface area contributed by atoms with Gasteiger partial charge in [-0.15, -0.1) is 0 Å². The lowest BCUT2D eigenvalue weighted by atomic mass is 10.2. The third kappa shape index (κ3) is 3.21. The van der Waals surface area contributed by atoms with E-state index in [4.69, 9.17) is 0 Å². The molecule has 0 saturated heterocycles. The number of carbonyl (C=O) groups excluding carboxylic acids is 1. The van der Waals surface area contributed by atoms with E-state index in [9.17, 15) is 4.79 Å². The second kappa shape index (κ2) is 6.26. The van der Waals surface area contributed by atoms with Crippen molar-refractivity contribution in [2.24, 2.45) is 0 Å². The zero-order valence-corrected chi connectivity index (χ0v) is 10.9. The van der Waals surface area contributed by atoms with Gasteiger partial charge in [-0.2, -0.15) is 0 Å². The van der Waals surface area contributed by atoms with Gasteiger partial charge in [-0.1, -0.05) is 36.4 Å². The monoisotopic (exact) mass is 244 g/mol. The summed E-state index contributed by atoms with van der Waals surface area (Å²) >= 11 is 0. The van der Waals surface area contributed by atoms with E-state index in [1.807, 2.05) is 66.9 Å². The van der Waals surface area contributed by atoms with Crippen LogP contribution in [-0.4, -0.2) is 11.4 Å².